The number of carbonyl (C=O) groups is 1. The summed E-state index contributed by atoms with van der Waals surface area (Å²) in [7, 11) is 3.23. The number of amides is 1. The van der Waals surface area contributed by atoms with Gasteiger partial charge in [0.15, 0.2) is 18.1 Å². The van der Waals surface area contributed by atoms with Gasteiger partial charge in [-0.15, -0.1) is 0 Å². The summed E-state index contributed by atoms with van der Waals surface area (Å²) in [6, 6.07) is 10.9. The molecule has 2 aromatic rings. The lowest BCUT2D eigenvalue weighted by Crippen LogP contribution is -2.38. The van der Waals surface area contributed by atoms with Gasteiger partial charge in [-0.25, -0.2) is 0 Å². The standard InChI is InChI=1S/C19H20ClNO4/c1-23-17-9-13-7-8-21(11-14(13)10-18(17)24-2)19(22)12-25-16-5-3-15(20)4-6-16/h3-6,9-10H,7-8,11-12H2,1-2H3. The molecule has 1 aliphatic rings. The molecular weight excluding hydrogens is 342 g/mol. The van der Waals surface area contributed by atoms with Gasteiger partial charge in [0.25, 0.3) is 5.91 Å². The molecule has 1 amide bonds. The Kier molecular flexibility index (Phi) is 5.34. The Balaban J connectivity index is 1.65. The van der Waals surface area contributed by atoms with E-state index in [1.165, 1.54) is 5.56 Å². The van der Waals surface area contributed by atoms with Crippen molar-refractivity contribution in [1.29, 1.82) is 0 Å². The highest BCUT2D eigenvalue weighted by atomic mass is 35.5. The largest absolute Gasteiger partial charge is 0.493 e. The van der Waals surface area contributed by atoms with Crippen LogP contribution in [0.3, 0.4) is 0 Å². The lowest BCUT2D eigenvalue weighted by atomic mass is 9.99. The third-order valence-electron chi connectivity index (χ3n) is 4.25. The van der Waals surface area contributed by atoms with E-state index in [2.05, 4.69) is 0 Å². The molecular formula is C19H20ClNO4. The summed E-state index contributed by atoms with van der Waals surface area (Å²) in [6.07, 6.45) is 0.780. The second kappa shape index (κ2) is 7.66. The molecule has 6 heteroatoms. The summed E-state index contributed by atoms with van der Waals surface area (Å²) in [5.41, 5.74) is 2.25. The lowest BCUT2D eigenvalue weighted by molar-refractivity contribution is -0.134. The molecule has 0 aliphatic carbocycles. The number of rotatable bonds is 5. The summed E-state index contributed by atoms with van der Waals surface area (Å²) in [6.45, 7) is 1.20. The fraction of sp³-hybridized carbons (Fsp3) is 0.316. The van der Waals surface area contributed by atoms with Gasteiger partial charge in [-0.05, 0) is 53.9 Å². The summed E-state index contributed by atoms with van der Waals surface area (Å²) >= 11 is 5.84. The van der Waals surface area contributed by atoms with E-state index in [4.69, 9.17) is 25.8 Å². The van der Waals surface area contributed by atoms with Crippen molar-refractivity contribution < 1.29 is 19.0 Å². The predicted molar refractivity (Wildman–Crippen MR) is 95.6 cm³/mol. The highest BCUT2D eigenvalue weighted by molar-refractivity contribution is 6.30. The fourth-order valence-electron chi connectivity index (χ4n) is 2.86. The van der Waals surface area contributed by atoms with Crippen molar-refractivity contribution in [2.45, 2.75) is 13.0 Å². The van der Waals surface area contributed by atoms with Gasteiger partial charge in [-0.3, -0.25) is 4.79 Å². The van der Waals surface area contributed by atoms with Gasteiger partial charge in [0.1, 0.15) is 5.75 Å². The molecule has 3 rings (SSSR count). The Morgan fingerprint density at radius 3 is 2.36 bits per heavy atom. The highest BCUT2D eigenvalue weighted by Crippen LogP contribution is 2.33. The quantitative estimate of drug-likeness (QED) is 0.819. The topological polar surface area (TPSA) is 48.0 Å². The van der Waals surface area contributed by atoms with Gasteiger partial charge >= 0.3 is 0 Å². The second-order valence-electron chi connectivity index (χ2n) is 5.78. The molecule has 2 aromatic carbocycles. The van der Waals surface area contributed by atoms with Crippen LogP contribution < -0.4 is 14.2 Å². The third kappa shape index (κ3) is 3.99. The van der Waals surface area contributed by atoms with E-state index in [0.29, 0.717) is 35.4 Å². The first-order valence-corrected chi connectivity index (χ1v) is 8.38. The Hall–Kier alpha value is -2.40. The molecule has 0 aromatic heterocycles. The van der Waals surface area contributed by atoms with Crippen LogP contribution in [0.15, 0.2) is 36.4 Å². The minimum Gasteiger partial charge on any atom is -0.493 e. The van der Waals surface area contributed by atoms with E-state index in [0.717, 1.165) is 12.0 Å². The monoisotopic (exact) mass is 361 g/mol. The third-order valence-corrected chi connectivity index (χ3v) is 4.50. The van der Waals surface area contributed by atoms with Gasteiger partial charge in [-0.2, -0.15) is 0 Å². The first-order chi connectivity index (χ1) is 12.1. The molecule has 0 bridgehead atoms. The van der Waals surface area contributed by atoms with Crippen molar-refractivity contribution in [3.05, 3.63) is 52.5 Å². The van der Waals surface area contributed by atoms with Crippen LogP contribution in [0.25, 0.3) is 0 Å². The molecule has 0 spiro atoms. The molecule has 1 heterocycles. The number of methoxy groups -OCH3 is 2. The lowest BCUT2D eigenvalue weighted by Gasteiger charge is -2.29. The molecule has 0 unspecified atom stereocenters. The van der Waals surface area contributed by atoms with Crippen LogP contribution in [0.1, 0.15) is 11.1 Å². The van der Waals surface area contributed by atoms with Gasteiger partial charge in [0.05, 0.1) is 14.2 Å². The molecule has 1 aliphatic heterocycles. The molecule has 25 heavy (non-hydrogen) atoms. The number of ether oxygens (including phenoxy) is 3. The number of carbonyl (C=O) groups excluding carboxylic acids is 1. The molecule has 0 radical (unpaired) electrons. The highest BCUT2D eigenvalue weighted by Gasteiger charge is 2.23. The van der Waals surface area contributed by atoms with Crippen LogP contribution >= 0.6 is 11.6 Å². The van der Waals surface area contributed by atoms with Crippen molar-refractivity contribution in [3.8, 4) is 17.2 Å². The van der Waals surface area contributed by atoms with Crippen LogP contribution in [-0.4, -0.2) is 38.2 Å². The zero-order chi connectivity index (χ0) is 17.8. The van der Waals surface area contributed by atoms with Crippen molar-refractivity contribution in [2.24, 2.45) is 0 Å². The normalized spacial score (nSPS) is 13.2. The number of fused-ring (bicyclic) bond motifs is 1. The molecule has 0 saturated carbocycles. The van der Waals surface area contributed by atoms with Crippen molar-refractivity contribution in [2.75, 3.05) is 27.4 Å². The summed E-state index contributed by atoms with van der Waals surface area (Å²) in [4.78, 5) is 14.2. The van der Waals surface area contributed by atoms with Gasteiger partial charge < -0.3 is 19.1 Å². The summed E-state index contributed by atoms with van der Waals surface area (Å²) in [5.74, 6) is 1.97. The minimum atomic E-state index is -0.0459. The number of halogens is 1. The fourth-order valence-corrected chi connectivity index (χ4v) is 2.99. The number of nitrogens with zero attached hydrogens (tertiary/aromatic N) is 1. The maximum absolute atomic E-state index is 12.4. The van der Waals surface area contributed by atoms with E-state index >= 15 is 0 Å². The molecule has 0 fully saturated rings. The van der Waals surface area contributed by atoms with Crippen LogP contribution in [-0.2, 0) is 17.8 Å². The van der Waals surface area contributed by atoms with E-state index in [-0.39, 0.29) is 12.5 Å². The zero-order valence-electron chi connectivity index (χ0n) is 14.3. The smallest absolute Gasteiger partial charge is 0.260 e. The SMILES string of the molecule is COc1cc2c(cc1OC)CN(C(=O)COc1ccc(Cl)cc1)CC2. The van der Waals surface area contributed by atoms with Gasteiger partial charge in [0, 0.05) is 18.1 Å². The molecule has 0 N–H and O–H groups in total. The maximum Gasteiger partial charge on any atom is 0.260 e. The molecule has 5 nitrogen and oxygen atoms in total. The van der Waals surface area contributed by atoms with E-state index in [1.807, 2.05) is 12.1 Å². The van der Waals surface area contributed by atoms with Crippen LogP contribution in [0.4, 0.5) is 0 Å². The Morgan fingerprint density at radius 1 is 1.08 bits per heavy atom. The Morgan fingerprint density at radius 2 is 1.72 bits per heavy atom. The van der Waals surface area contributed by atoms with Gasteiger partial charge in [0.2, 0.25) is 0 Å². The molecule has 0 saturated heterocycles. The zero-order valence-corrected chi connectivity index (χ0v) is 15.0. The van der Waals surface area contributed by atoms with Crippen molar-refractivity contribution >= 4 is 17.5 Å². The first kappa shape index (κ1) is 17.4. The minimum absolute atomic E-state index is 0.00422. The first-order valence-electron chi connectivity index (χ1n) is 8.00. The van der Waals surface area contributed by atoms with Gasteiger partial charge in [-0.1, -0.05) is 11.6 Å². The average molecular weight is 362 g/mol. The van der Waals surface area contributed by atoms with Crippen molar-refractivity contribution in [3.63, 3.8) is 0 Å². The number of benzene rings is 2. The van der Waals surface area contributed by atoms with Crippen molar-refractivity contribution in [1.82, 2.24) is 4.90 Å². The number of hydrogen-bond donors (Lipinski definition) is 0. The Bertz CT molecular complexity index is 761. The van der Waals surface area contributed by atoms with E-state index in [9.17, 15) is 4.79 Å². The van der Waals surface area contributed by atoms with E-state index in [1.54, 1.807) is 43.4 Å². The summed E-state index contributed by atoms with van der Waals surface area (Å²) in [5, 5.41) is 0.635. The van der Waals surface area contributed by atoms with E-state index < -0.39 is 0 Å². The number of hydrogen-bond acceptors (Lipinski definition) is 4. The molecule has 132 valence electrons. The predicted octanol–water partition coefficient (Wildman–Crippen LogP) is 3.32. The maximum atomic E-state index is 12.4. The average Bonchev–Trinajstić information content (AvgIpc) is 2.65. The second-order valence-corrected chi connectivity index (χ2v) is 6.22. The Labute approximate surface area is 152 Å². The van der Waals surface area contributed by atoms with Crippen LogP contribution in [0.2, 0.25) is 5.02 Å². The molecule has 0 atom stereocenters. The summed E-state index contributed by atoms with van der Waals surface area (Å²) < 4.78 is 16.2. The van der Waals surface area contributed by atoms with Crippen LogP contribution in [0.5, 0.6) is 17.2 Å². The van der Waals surface area contributed by atoms with Crippen LogP contribution in [0, 0.1) is 0 Å².